The van der Waals surface area contributed by atoms with Crippen molar-refractivity contribution in [1.82, 2.24) is 4.90 Å². The van der Waals surface area contributed by atoms with Crippen LogP contribution < -0.4 is 4.57 Å². The van der Waals surface area contributed by atoms with E-state index in [-0.39, 0.29) is 0 Å². The highest BCUT2D eigenvalue weighted by molar-refractivity contribution is 5.93. The monoisotopic (exact) mass is 287 g/mol. The van der Waals surface area contributed by atoms with Crippen LogP contribution in [0.1, 0.15) is 20.3 Å². The summed E-state index contributed by atoms with van der Waals surface area (Å²) < 4.78 is 1.88. The summed E-state index contributed by atoms with van der Waals surface area (Å²) in [5.41, 5.74) is 0. The topological polar surface area (TPSA) is 56.6 Å². The predicted molar refractivity (Wildman–Crippen MR) is 85.8 cm³/mol. The number of rotatable bonds is 4. The number of nitrogens with zero attached hydrogens (tertiary/aromatic N) is 6. The molecule has 0 saturated heterocycles. The first kappa shape index (κ1) is 16.7. The third-order valence-corrected chi connectivity index (χ3v) is 2.58. The Morgan fingerprint density at radius 3 is 2.67 bits per heavy atom. The number of allylic oxidation sites excluding steroid dienone is 1. The summed E-state index contributed by atoms with van der Waals surface area (Å²) in [7, 11) is 5.77. The number of hydrogen-bond donors (Lipinski definition) is 0. The Kier molecular flexibility index (Phi) is 6.94. The van der Waals surface area contributed by atoms with Gasteiger partial charge in [-0.25, -0.2) is 4.57 Å². The van der Waals surface area contributed by atoms with Crippen molar-refractivity contribution in [3.8, 4) is 0 Å². The molecule has 6 heteroatoms. The number of azo groups is 1. The molecule has 1 aromatic rings. The van der Waals surface area contributed by atoms with Crippen LogP contribution in [-0.4, -0.2) is 30.7 Å². The van der Waals surface area contributed by atoms with Crippen molar-refractivity contribution in [1.29, 1.82) is 0 Å². The van der Waals surface area contributed by atoms with Crippen LogP contribution in [0.4, 0.5) is 5.82 Å². The van der Waals surface area contributed by atoms with Crippen LogP contribution in [0.3, 0.4) is 0 Å². The van der Waals surface area contributed by atoms with E-state index in [4.69, 9.17) is 0 Å². The van der Waals surface area contributed by atoms with E-state index in [1.165, 1.54) is 0 Å². The molecule has 0 N–H and O–H groups in total. The number of likely N-dealkylation sites (N-methyl/N-ethyl adjacent to an activating group) is 1. The molecule has 0 radical (unpaired) electrons. The molecule has 1 rings (SSSR count). The first-order valence-corrected chi connectivity index (χ1v) is 6.87. The van der Waals surface area contributed by atoms with Crippen molar-refractivity contribution < 1.29 is 4.57 Å². The van der Waals surface area contributed by atoms with Gasteiger partial charge in [-0.15, -0.1) is 10.2 Å². The van der Waals surface area contributed by atoms with Gasteiger partial charge in [0, 0.05) is 27.1 Å². The van der Waals surface area contributed by atoms with Crippen LogP contribution in [0.5, 0.6) is 0 Å². The SMILES string of the molecule is CC\C=C/C(=N\N=C(/C)N=Nc1cccc[n+]1C)N(C)C. The fourth-order valence-corrected chi connectivity index (χ4v) is 1.38. The van der Waals surface area contributed by atoms with Gasteiger partial charge >= 0.3 is 5.82 Å². The maximum absolute atomic E-state index is 4.18. The van der Waals surface area contributed by atoms with E-state index >= 15 is 0 Å². The van der Waals surface area contributed by atoms with Crippen molar-refractivity contribution in [2.75, 3.05) is 14.1 Å². The molecule has 0 aliphatic heterocycles. The van der Waals surface area contributed by atoms with E-state index in [1.54, 1.807) is 6.92 Å². The number of aryl methyl sites for hydroxylation is 1. The van der Waals surface area contributed by atoms with Crippen LogP contribution in [0.25, 0.3) is 0 Å². The summed E-state index contributed by atoms with van der Waals surface area (Å²) in [4.78, 5) is 1.90. The van der Waals surface area contributed by atoms with Crippen LogP contribution in [-0.2, 0) is 7.05 Å². The molecule has 6 nitrogen and oxygen atoms in total. The zero-order valence-electron chi connectivity index (χ0n) is 13.4. The molecule has 0 aliphatic rings. The molecule has 0 unspecified atom stereocenters. The maximum atomic E-state index is 4.18. The summed E-state index contributed by atoms with van der Waals surface area (Å²) >= 11 is 0. The van der Waals surface area contributed by atoms with Crippen LogP contribution in [0.15, 0.2) is 57.0 Å². The molecule has 1 aromatic heterocycles. The standard InChI is InChI=1S/C15H23N6/c1-6-7-10-14(20(3)4)18-16-13(2)17-19-15-11-8-9-12-21(15)5/h7-12H,6H2,1-5H3/q+1/b10-7-. The molecule has 0 bridgehead atoms. The average molecular weight is 287 g/mol. The zero-order chi connectivity index (χ0) is 15.7. The van der Waals surface area contributed by atoms with Gasteiger partial charge in [0.25, 0.3) is 0 Å². The lowest BCUT2D eigenvalue weighted by Gasteiger charge is -2.09. The van der Waals surface area contributed by atoms with Gasteiger partial charge in [-0.3, -0.25) is 0 Å². The Hall–Kier alpha value is -2.37. The molecule has 0 aromatic carbocycles. The fraction of sp³-hybridized carbons (Fsp3) is 0.400. The maximum Gasteiger partial charge on any atom is 0.350 e. The number of amidine groups is 2. The van der Waals surface area contributed by atoms with E-state index in [1.807, 2.05) is 67.2 Å². The molecular formula is C15H23N6+. The minimum absolute atomic E-state index is 0.503. The fourth-order valence-electron chi connectivity index (χ4n) is 1.38. The van der Waals surface area contributed by atoms with E-state index in [0.717, 1.165) is 18.1 Å². The van der Waals surface area contributed by atoms with E-state index in [2.05, 4.69) is 27.4 Å². The normalized spacial score (nSPS) is 13.4. The lowest BCUT2D eigenvalue weighted by atomic mass is 10.4. The van der Waals surface area contributed by atoms with Gasteiger partial charge in [-0.1, -0.05) is 19.1 Å². The Morgan fingerprint density at radius 1 is 1.29 bits per heavy atom. The Balaban J connectivity index is 2.84. The minimum Gasteiger partial charge on any atom is -0.361 e. The van der Waals surface area contributed by atoms with Gasteiger partial charge in [-0.05, 0) is 23.7 Å². The highest BCUT2D eigenvalue weighted by atomic mass is 15.3. The molecule has 21 heavy (non-hydrogen) atoms. The lowest BCUT2D eigenvalue weighted by Crippen LogP contribution is -2.26. The second-order valence-electron chi connectivity index (χ2n) is 4.68. The summed E-state index contributed by atoms with van der Waals surface area (Å²) in [6.07, 6.45) is 6.85. The highest BCUT2D eigenvalue weighted by Crippen LogP contribution is 2.03. The van der Waals surface area contributed by atoms with Crippen molar-refractivity contribution in [3.05, 3.63) is 36.5 Å². The number of hydrogen-bond acceptors (Lipinski definition) is 3. The third-order valence-electron chi connectivity index (χ3n) is 2.58. The summed E-state index contributed by atoms with van der Waals surface area (Å²) in [6, 6.07) is 5.74. The van der Waals surface area contributed by atoms with Gasteiger partial charge in [0.05, 0.1) is 18.4 Å². The lowest BCUT2D eigenvalue weighted by molar-refractivity contribution is -0.658. The molecular weight excluding hydrogens is 264 g/mol. The first-order valence-electron chi connectivity index (χ1n) is 6.87. The predicted octanol–water partition coefficient (Wildman–Crippen LogP) is 2.85. The molecule has 0 amide bonds. The zero-order valence-corrected chi connectivity index (χ0v) is 13.4. The highest BCUT2D eigenvalue weighted by Gasteiger charge is 2.03. The van der Waals surface area contributed by atoms with Gasteiger partial charge in [0.1, 0.15) is 5.84 Å². The first-order chi connectivity index (χ1) is 10.0. The average Bonchev–Trinajstić information content (AvgIpc) is 2.46. The Bertz CT molecular complexity index is 569. The molecule has 0 saturated carbocycles. The smallest absolute Gasteiger partial charge is 0.350 e. The van der Waals surface area contributed by atoms with Crippen molar-refractivity contribution in [2.45, 2.75) is 20.3 Å². The van der Waals surface area contributed by atoms with Crippen LogP contribution in [0.2, 0.25) is 0 Å². The summed E-state index contributed by atoms with van der Waals surface area (Å²) in [6.45, 7) is 3.85. The van der Waals surface area contributed by atoms with Crippen molar-refractivity contribution in [3.63, 3.8) is 0 Å². The Labute approximate surface area is 126 Å². The second-order valence-corrected chi connectivity index (χ2v) is 4.68. The summed E-state index contributed by atoms with van der Waals surface area (Å²) in [5.74, 6) is 2.04. The molecule has 0 aliphatic carbocycles. The third kappa shape index (κ3) is 6.07. The minimum atomic E-state index is 0.503. The Morgan fingerprint density at radius 2 is 2.05 bits per heavy atom. The second kappa shape index (κ2) is 8.73. The number of aromatic nitrogens is 1. The van der Waals surface area contributed by atoms with Crippen LogP contribution in [0, 0.1) is 0 Å². The van der Waals surface area contributed by atoms with Gasteiger partial charge in [-0.2, -0.15) is 0 Å². The molecule has 1 heterocycles. The molecule has 112 valence electrons. The van der Waals surface area contributed by atoms with Crippen LogP contribution >= 0.6 is 0 Å². The van der Waals surface area contributed by atoms with Gasteiger partial charge < -0.3 is 4.90 Å². The van der Waals surface area contributed by atoms with E-state index in [0.29, 0.717) is 5.84 Å². The number of pyridine rings is 1. The quantitative estimate of drug-likeness (QED) is 0.276. The van der Waals surface area contributed by atoms with E-state index < -0.39 is 0 Å². The molecule has 0 spiro atoms. The van der Waals surface area contributed by atoms with Crippen molar-refractivity contribution >= 4 is 17.5 Å². The van der Waals surface area contributed by atoms with Gasteiger partial charge in [0.2, 0.25) is 0 Å². The largest absolute Gasteiger partial charge is 0.361 e. The summed E-state index contributed by atoms with van der Waals surface area (Å²) in [5, 5.41) is 16.5. The van der Waals surface area contributed by atoms with Gasteiger partial charge in [0.15, 0.2) is 5.84 Å². The molecule has 0 atom stereocenters. The molecule has 0 fully saturated rings. The van der Waals surface area contributed by atoms with Crippen molar-refractivity contribution in [2.24, 2.45) is 27.5 Å². The van der Waals surface area contributed by atoms with E-state index in [9.17, 15) is 0 Å².